The zero-order chi connectivity index (χ0) is 21.5. The fourth-order valence-corrected chi connectivity index (χ4v) is 4.62. The van der Waals surface area contributed by atoms with Crippen molar-refractivity contribution < 1.29 is 36.0 Å². The average Bonchev–Trinajstić information content (AvgIpc) is 3.04. The van der Waals surface area contributed by atoms with Crippen molar-refractivity contribution in [2.45, 2.75) is 56.8 Å². The summed E-state index contributed by atoms with van der Waals surface area (Å²) in [6.07, 6.45) is -0.663. The van der Waals surface area contributed by atoms with Crippen LogP contribution in [0.2, 0.25) is 0 Å². The van der Waals surface area contributed by atoms with Crippen molar-refractivity contribution >= 4 is 39.2 Å². The van der Waals surface area contributed by atoms with Crippen LogP contribution in [0.1, 0.15) is 38.5 Å². The Morgan fingerprint density at radius 2 is 1.79 bits per heavy atom. The van der Waals surface area contributed by atoms with E-state index < -0.39 is 51.2 Å². The van der Waals surface area contributed by atoms with Gasteiger partial charge in [0.25, 0.3) is 0 Å². The molecule has 1 aliphatic carbocycles. The number of carbonyl (C=O) groups is 3. The van der Waals surface area contributed by atoms with Crippen LogP contribution >= 0.6 is 11.8 Å². The summed E-state index contributed by atoms with van der Waals surface area (Å²) in [6.45, 7) is 0. The van der Waals surface area contributed by atoms with Crippen molar-refractivity contribution in [1.29, 1.82) is 0 Å². The van der Waals surface area contributed by atoms with E-state index in [9.17, 15) is 36.0 Å². The second-order valence-corrected chi connectivity index (χ2v) is 10.1. The van der Waals surface area contributed by atoms with Gasteiger partial charge in [-0.1, -0.05) is 12.8 Å². The molecule has 0 saturated heterocycles. The van der Waals surface area contributed by atoms with Crippen LogP contribution in [-0.4, -0.2) is 72.7 Å². The molecule has 2 amide bonds. The molecule has 0 aromatic carbocycles. The number of sulfone groups is 1. The zero-order valence-corrected chi connectivity index (χ0v) is 17.2. The quantitative estimate of drug-likeness (QED) is 0.479. The minimum atomic E-state index is -4.87. The molecule has 1 atom stereocenters. The molecule has 1 rings (SSSR count). The molecule has 0 aromatic rings. The summed E-state index contributed by atoms with van der Waals surface area (Å²) < 4.78 is 59.5. The topological polar surface area (TPSA) is 115 Å². The Labute approximate surface area is 166 Å². The number of carbonyl (C=O) groups excluding carboxylic acids is 3. The van der Waals surface area contributed by atoms with Gasteiger partial charge in [-0.15, -0.1) is 0 Å². The second-order valence-electron chi connectivity index (χ2n) is 6.84. The van der Waals surface area contributed by atoms with Crippen molar-refractivity contribution in [3.63, 3.8) is 0 Å². The Morgan fingerprint density at radius 3 is 2.25 bits per heavy atom. The van der Waals surface area contributed by atoms with E-state index in [4.69, 9.17) is 5.73 Å². The van der Waals surface area contributed by atoms with Gasteiger partial charge in [0, 0.05) is 12.3 Å². The first-order valence-corrected chi connectivity index (χ1v) is 12.0. The first-order chi connectivity index (χ1) is 12.8. The number of primary amides is 1. The van der Waals surface area contributed by atoms with Gasteiger partial charge in [0.1, 0.15) is 11.8 Å². The van der Waals surface area contributed by atoms with E-state index in [-0.39, 0.29) is 24.6 Å². The predicted molar refractivity (Wildman–Crippen MR) is 99.4 cm³/mol. The number of rotatable bonds is 11. The van der Waals surface area contributed by atoms with E-state index >= 15 is 0 Å². The normalized spacial score (nSPS) is 16.7. The molecule has 0 radical (unpaired) electrons. The van der Waals surface area contributed by atoms with E-state index in [2.05, 4.69) is 0 Å². The van der Waals surface area contributed by atoms with Crippen molar-refractivity contribution in [2.24, 2.45) is 5.73 Å². The number of thioether (sulfide) groups is 1. The molecule has 2 N–H and O–H groups in total. The van der Waals surface area contributed by atoms with Crippen LogP contribution in [0.5, 0.6) is 0 Å². The molecule has 0 aliphatic heterocycles. The van der Waals surface area contributed by atoms with Gasteiger partial charge in [-0.05, 0) is 31.4 Å². The van der Waals surface area contributed by atoms with E-state index in [0.29, 0.717) is 12.8 Å². The number of ketones is 1. The van der Waals surface area contributed by atoms with Crippen LogP contribution in [0.25, 0.3) is 0 Å². The van der Waals surface area contributed by atoms with Crippen molar-refractivity contribution in [1.82, 2.24) is 4.90 Å². The summed E-state index contributed by atoms with van der Waals surface area (Å²) >= 11 is 0.783. The van der Waals surface area contributed by atoms with E-state index in [1.807, 2.05) is 0 Å². The third-order valence-corrected chi connectivity index (χ3v) is 6.19. The van der Waals surface area contributed by atoms with Crippen molar-refractivity contribution in [3.05, 3.63) is 0 Å². The number of amides is 2. The van der Waals surface area contributed by atoms with Crippen LogP contribution in [-0.2, 0) is 24.2 Å². The third-order valence-electron chi connectivity index (χ3n) is 4.37. The molecule has 0 bridgehead atoms. The van der Waals surface area contributed by atoms with Crippen molar-refractivity contribution in [3.8, 4) is 0 Å². The predicted octanol–water partition coefficient (Wildman–Crippen LogP) is 1.30. The Hall–Kier alpha value is -1.30. The highest BCUT2D eigenvalue weighted by Gasteiger charge is 2.38. The van der Waals surface area contributed by atoms with Gasteiger partial charge >= 0.3 is 6.18 Å². The molecule has 0 unspecified atom stereocenters. The number of Topliss-reactive ketones (excluding diaryl/α,β-unsaturated/α-hetero) is 1. The highest BCUT2D eigenvalue weighted by molar-refractivity contribution is 7.99. The monoisotopic (exact) mass is 446 g/mol. The van der Waals surface area contributed by atoms with Gasteiger partial charge in [-0.3, -0.25) is 14.4 Å². The largest absolute Gasteiger partial charge is 0.450 e. The van der Waals surface area contributed by atoms with Gasteiger partial charge in [-0.25, -0.2) is 8.42 Å². The van der Waals surface area contributed by atoms with E-state index in [1.54, 1.807) is 0 Å². The van der Waals surface area contributed by atoms with Crippen LogP contribution in [0, 0.1) is 0 Å². The molecular formula is C16H25F3N2O5S2. The van der Waals surface area contributed by atoms with Crippen LogP contribution in [0.15, 0.2) is 0 Å². The number of hydrogen-bond acceptors (Lipinski definition) is 6. The second kappa shape index (κ2) is 10.5. The summed E-state index contributed by atoms with van der Waals surface area (Å²) in [5, 5.41) is 0. The molecule has 0 spiro atoms. The Kier molecular flexibility index (Phi) is 9.25. The maximum absolute atomic E-state index is 12.5. The minimum absolute atomic E-state index is 0.0918. The summed E-state index contributed by atoms with van der Waals surface area (Å²) in [4.78, 5) is 36.6. The van der Waals surface area contributed by atoms with Gasteiger partial charge in [-0.2, -0.15) is 24.9 Å². The fourth-order valence-electron chi connectivity index (χ4n) is 3.16. The summed E-state index contributed by atoms with van der Waals surface area (Å²) in [5.41, 5.74) is 5.43. The third kappa shape index (κ3) is 8.38. The zero-order valence-electron chi connectivity index (χ0n) is 15.5. The number of nitrogens with two attached hydrogens (primary N) is 1. The Balaban J connectivity index is 2.73. The lowest BCUT2D eigenvalue weighted by molar-refractivity contribution is -0.167. The maximum atomic E-state index is 12.5. The smallest absolute Gasteiger partial charge is 0.368 e. The highest BCUT2D eigenvalue weighted by atomic mass is 32.2. The SMILES string of the molecule is CS(=O)(=O)CC(=O)N(C1CCCC1)[C@@H](CCCSCC(=O)C(F)(F)F)C(N)=O. The fraction of sp³-hybridized carbons (Fsp3) is 0.812. The number of hydrogen-bond donors (Lipinski definition) is 1. The maximum Gasteiger partial charge on any atom is 0.450 e. The molecule has 162 valence electrons. The van der Waals surface area contributed by atoms with Gasteiger partial charge in [0.05, 0.1) is 5.75 Å². The molecule has 0 heterocycles. The van der Waals surface area contributed by atoms with E-state index in [1.165, 1.54) is 4.90 Å². The van der Waals surface area contributed by atoms with Gasteiger partial charge < -0.3 is 10.6 Å². The van der Waals surface area contributed by atoms with Crippen molar-refractivity contribution in [2.75, 3.05) is 23.5 Å². The standard InChI is InChI=1S/C16H25F3N2O5S2/c1-28(25,26)10-14(23)21(11-5-2-3-6-11)12(15(20)24)7-4-8-27-9-13(22)16(17,18)19/h11-12H,2-10H2,1H3,(H2,20,24)/t12-/m0/s1. The van der Waals surface area contributed by atoms with Gasteiger partial charge in [0.2, 0.25) is 17.6 Å². The first kappa shape index (κ1) is 24.7. The summed E-state index contributed by atoms with van der Waals surface area (Å²) in [7, 11) is -3.60. The molecule has 1 fully saturated rings. The molecule has 7 nitrogen and oxygen atoms in total. The molecule has 28 heavy (non-hydrogen) atoms. The lowest BCUT2D eigenvalue weighted by atomic mass is 10.1. The number of alkyl halides is 3. The average molecular weight is 447 g/mol. The molecule has 0 aromatic heterocycles. The summed E-state index contributed by atoms with van der Waals surface area (Å²) in [6, 6.07) is -1.32. The molecule has 1 saturated carbocycles. The van der Waals surface area contributed by atoms with Crippen LogP contribution < -0.4 is 5.73 Å². The molecule has 1 aliphatic rings. The lowest BCUT2D eigenvalue weighted by Crippen LogP contribution is -2.53. The minimum Gasteiger partial charge on any atom is -0.368 e. The number of halogens is 3. The molecular weight excluding hydrogens is 421 g/mol. The lowest BCUT2D eigenvalue weighted by Gasteiger charge is -2.35. The summed E-state index contributed by atoms with van der Waals surface area (Å²) in [5.74, 6) is -4.60. The Morgan fingerprint density at radius 1 is 1.21 bits per heavy atom. The number of nitrogens with zero attached hydrogens (tertiary/aromatic N) is 1. The van der Waals surface area contributed by atoms with Gasteiger partial charge in [0.15, 0.2) is 9.84 Å². The highest BCUT2D eigenvalue weighted by Crippen LogP contribution is 2.27. The van der Waals surface area contributed by atoms with E-state index in [0.717, 1.165) is 30.9 Å². The first-order valence-electron chi connectivity index (χ1n) is 8.79. The van der Waals surface area contributed by atoms with Crippen LogP contribution in [0.3, 0.4) is 0 Å². The Bertz CT molecular complexity index is 676. The molecule has 12 heteroatoms. The van der Waals surface area contributed by atoms with Crippen LogP contribution in [0.4, 0.5) is 13.2 Å².